The first kappa shape index (κ1) is 23.0. The smallest absolute Gasteiger partial charge is 0.263 e. The molecule has 0 atom stereocenters. The summed E-state index contributed by atoms with van der Waals surface area (Å²) in [6, 6.07) is 13.2. The number of ether oxygens (including phenoxy) is 1. The molecule has 0 spiro atoms. The van der Waals surface area contributed by atoms with Crippen molar-refractivity contribution in [2.45, 2.75) is 18.9 Å². The number of nitrogens with zero attached hydrogens (tertiary/aromatic N) is 3. The van der Waals surface area contributed by atoms with Crippen molar-refractivity contribution in [3.8, 4) is 11.8 Å². The highest BCUT2D eigenvalue weighted by atomic mass is 19.1. The first-order valence-corrected chi connectivity index (χ1v) is 10.7. The Morgan fingerprint density at radius 3 is 2.50 bits per heavy atom. The number of amides is 1. The Bertz CT molecular complexity index is 1300. The maximum Gasteiger partial charge on any atom is 0.263 e. The van der Waals surface area contributed by atoms with E-state index in [9.17, 15) is 23.6 Å². The van der Waals surface area contributed by atoms with Crippen molar-refractivity contribution >= 4 is 17.3 Å². The van der Waals surface area contributed by atoms with Crippen LogP contribution in [0, 0.1) is 23.0 Å². The molecular formula is C25H22F2N4O3. The van der Waals surface area contributed by atoms with Crippen molar-refractivity contribution in [2.24, 2.45) is 7.05 Å². The maximum absolute atomic E-state index is 13.4. The molecule has 1 amide bonds. The Hall–Kier alpha value is -4.19. The van der Waals surface area contributed by atoms with Gasteiger partial charge in [-0.25, -0.2) is 8.78 Å². The molecule has 2 aromatic carbocycles. The second-order valence-electron chi connectivity index (χ2n) is 8.05. The monoisotopic (exact) mass is 464 g/mol. The quantitative estimate of drug-likeness (QED) is 0.620. The van der Waals surface area contributed by atoms with Crippen molar-refractivity contribution in [3.63, 3.8) is 0 Å². The van der Waals surface area contributed by atoms with Crippen molar-refractivity contribution in [2.75, 3.05) is 23.3 Å². The van der Waals surface area contributed by atoms with Crippen LogP contribution >= 0.6 is 0 Å². The van der Waals surface area contributed by atoms with Crippen LogP contribution in [0.1, 0.15) is 28.8 Å². The molecule has 1 aliphatic heterocycles. The van der Waals surface area contributed by atoms with E-state index in [2.05, 4.69) is 11.4 Å². The second kappa shape index (κ2) is 9.75. The molecule has 0 aliphatic carbocycles. The van der Waals surface area contributed by atoms with Crippen molar-refractivity contribution in [1.82, 2.24) is 4.57 Å². The van der Waals surface area contributed by atoms with Crippen LogP contribution in [0.4, 0.5) is 20.2 Å². The SMILES string of the molecule is Cn1cccc(C(=O)Nc2cc(C#N)ccc2N2CCC(Oc3cc(F)cc(F)c3)CC2)c1=O. The summed E-state index contributed by atoms with van der Waals surface area (Å²) in [5.74, 6) is -1.81. The standard InChI is InChI=1S/C25H22F2N4O3/c1-30-8-2-3-21(25(30)33)24(32)29-22-11-16(15-28)4-5-23(22)31-9-6-19(7-10-31)34-20-13-17(26)12-18(27)14-20/h2-5,8,11-14,19H,6-7,9-10H2,1H3,(H,29,32). The third kappa shape index (κ3) is 5.07. The zero-order chi connectivity index (χ0) is 24.2. The summed E-state index contributed by atoms with van der Waals surface area (Å²) in [6.45, 7) is 1.12. The number of nitrogens with one attached hydrogen (secondary N) is 1. The lowest BCUT2D eigenvalue weighted by molar-refractivity contribution is 0.102. The van der Waals surface area contributed by atoms with Gasteiger partial charge in [0.25, 0.3) is 11.5 Å². The van der Waals surface area contributed by atoms with Gasteiger partial charge in [0.15, 0.2) is 0 Å². The number of rotatable bonds is 5. The van der Waals surface area contributed by atoms with Gasteiger partial charge in [-0.15, -0.1) is 0 Å². The van der Waals surface area contributed by atoms with Gasteiger partial charge in [-0.3, -0.25) is 9.59 Å². The van der Waals surface area contributed by atoms with Crippen LogP contribution in [0.3, 0.4) is 0 Å². The number of anilines is 2. The average Bonchev–Trinajstić information content (AvgIpc) is 2.80. The van der Waals surface area contributed by atoms with Crippen LogP contribution in [0.5, 0.6) is 5.75 Å². The molecule has 0 radical (unpaired) electrons. The van der Waals surface area contributed by atoms with Gasteiger partial charge >= 0.3 is 0 Å². The van der Waals surface area contributed by atoms with E-state index >= 15 is 0 Å². The predicted molar refractivity (Wildman–Crippen MR) is 123 cm³/mol. The number of hydrogen-bond donors (Lipinski definition) is 1. The van der Waals surface area contributed by atoms with Crippen LogP contribution in [0.25, 0.3) is 0 Å². The summed E-state index contributed by atoms with van der Waals surface area (Å²) in [7, 11) is 1.56. The number of halogens is 2. The van der Waals surface area contributed by atoms with Crippen LogP contribution in [-0.2, 0) is 7.05 Å². The molecule has 0 unspecified atom stereocenters. The summed E-state index contributed by atoms with van der Waals surface area (Å²) in [5, 5.41) is 12.1. The molecule has 2 heterocycles. The number of benzene rings is 2. The van der Waals surface area contributed by atoms with Crippen LogP contribution in [0.2, 0.25) is 0 Å². The Morgan fingerprint density at radius 1 is 1.12 bits per heavy atom. The average molecular weight is 464 g/mol. The lowest BCUT2D eigenvalue weighted by Crippen LogP contribution is -2.38. The maximum atomic E-state index is 13.4. The lowest BCUT2D eigenvalue weighted by Gasteiger charge is -2.34. The topological polar surface area (TPSA) is 87.4 Å². The molecule has 1 fully saturated rings. The highest BCUT2D eigenvalue weighted by molar-refractivity contribution is 6.05. The Balaban J connectivity index is 1.50. The van der Waals surface area contributed by atoms with Crippen LogP contribution < -0.4 is 20.5 Å². The fourth-order valence-corrected chi connectivity index (χ4v) is 3.94. The van der Waals surface area contributed by atoms with Crippen molar-refractivity contribution in [3.05, 3.63) is 87.8 Å². The summed E-state index contributed by atoms with van der Waals surface area (Å²) in [6.07, 6.45) is 2.52. The molecular weight excluding hydrogens is 442 g/mol. The fraction of sp³-hybridized carbons (Fsp3) is 0.240. The number of piperidine rings is 1. The van der Waals surface area contributed by atoms with Gasteiger partial charge in [0.2, 0.25) is 0 Å². The Kier molecular flexibility index (Phi) is 6.59. The van der Waals surface area contributed by atoms with Gasteiger partial charge < -0.3 is 19.5 Å². The summed E-state index contributed by atoms with van der Waals surface area (Å²) in [5.41, 5.74) is 1.06. The van der Waals surface area contributed by atoms with E-state index in [0.29, 0.717) is 42.9 Å². The summed E-state index contributed by atoms with van der Waals surface area (Å²) >= 11 is 0. The van der Waals surface area contributed by atoms with Gasteiger partial charge in [-0.05, 0) is 30.3 Å². The lowest BCUT2D eigenvalue weighted by atomic mass is 10.1. The molecule has 1 saturated heterocycles. The largest absolute Gasteiger partial charge is 0.490 e. The molecule has 1 N–H and O–H groups in total. The highest BCUT2D eigenvalue weighted by Gasteiger charge is 2.24. The third-order valence-corrected chi connectivity index (χ3v) is 5.66. The fourth-order valence-electron chi connectivity index (χ4n) is 3.94. The van der Waals surface area contributed by atoms with Crippen molar-refractivity contribution < 1.29 is 18.3 Å². The Labute approximate surface area is 194 Å². The normalized spacial score (nSPS) is 13.9. The van der Waals surface area contributed by atoms with Crippen molar-refractivity contribution in [1.29, 1.82) is 5.26 Å². The molecule has 0 saturated carbocycles. The second-order valence-corrected chi connectivity index (χ2v) is 8.05. The van der Waals surface area contributed by atoms with E-state index in [4.69, 9.17) is 4.74 Å². The first-order chi connectivity index (χ1) is 16.3. The number of nitriles is 1. The molecule has 34 heavy (non-hydrogen) atoms. The third-order valence-electron chi connectivity index (χ3n) is 5.66. The van der Waals surface area contributed by atoms with Gasteiger partial charge in [-0.2, -0.15) is 5.26 Å². The van der Waals surface area contributed by atoms with E-state index in [-0.39, 0.29) is 17.4 Å². The molecule has 4 rings (SSSR count). The van der Waals surface area contributed by atoms with E-state index < -0.39 is 23.1 Å². The van der Waals surface area contributed by atoms with E-state index in [1.54, 1.807) is 37.5 Å². The molecule has 3 aromatic rings. The number of aromatic nitrogens is 1. The number of pyridine rings is 1. The van der Waals surface area contributed by atoms with E-state index in [0.717, 1.165) is 18.2 Å². The molecule has 1 aliphatic rings. The van der Waals surface area contributed by atoms with E-state index in [1.807, 2.05) is 4.90 Å². The molecule has 1 aromatic heterocycles. The number of hydrogen-bond acceptors (Lipinski definition) is 5. The molecule has 9 heteroatoms. The minimum absolute atomic E-state index is 0.00672. The molecule has 174 valence electrons. The van der Waals surface area contributed by atoms with Gasteiger partial charge in [0.1, 0.15) is 29.1 Å². The highest BCUT2D eigenvalue weighted by Crippen LogP contribution is 2.31. The molecule has 7 nitrogen and oxygen atoms in total. The van der Waals surface area contributed by atoms with Gasteiger partial charge in [0.05, 0.1) is 23.0 Å². The number of carbonyl (C=O) groups excluding carboxylic acids is 1. The van der Waals surface area contributed by atoms with Crippen LogP contribution in [0.15, 0.2) is 59.5 Å². The van der Waals surface area contributed by atoms with E-state index in [1.165, 1.54) is 10.6 Å². The number of aryl methyl sites for hydroxylation is 1. The summed E-state index contributed by atoms with van der Waals surface area (Å²) < 4.78 is 34.0. The summed E-state index contributed by atoms with van der Waals surface area (Å²) in [4.78, 5) is 27.2. The molecule has 0 bridgehead atoms. The van der Waals surface area contributed by atoms with Crippen LogP contribution in [-0.4, -0.2) is 29.7 Å². The minimum atomic E-state index is -0.696. The Morgan fingerprint density at radius 2 is 1.82 bits per heavy atom. The zero-order valence-electron chi connectivity index (χ0n) is 18.4. The van der Waals surface area contributed by atoms with Gasteiger partial charge in [-0.1, -0.05) is 0 Å². The first-order valence-electron chi connectivity index (χ1n) is 10.7. The van der Waals surface area contributed by atoms with Gasteiger partial charge in [0, 0.05) is 57.4 Å². The zero-order valence-corrected chi connectivity index (χ0v) is 18.4. The number of carbonyl (C=O) groups is 1. The minimum Gasteiger partial charge on any atom is -0.490 e. The predicted octanol–water partition coefficient (Wildman–Crippen LogP) is 3.84.